The highest BCUT2D eigenvalue weighted by molar-refractivity contribution is 5.47. The summed E-state index contributed by atoms with van der Waals surface area (Å²) in [5.74, 6) is 0.632. The standard InChI is InChI=1S/C17H21FN2O/c1-13(2)21-15-9-7-14(8-10-15)19-11-12-20-17-6-4-3-5-16(17)18/h3-10,13,19-20H,11-12H2,1-2H3. The quantitative estimate of drug-likeness (QED) is 0.751. The van der Waals surface area contributed by atoms with Gasteiger partial charge >= 0.3 is 0 Å². The predicted molar refractivity (Wildman–Crippen MR) is 85.6 cm³/mol. The van der Waals surface area contributed by atoms with Crippen molar-refractivity contribution in [1.82, 2.24) is 0 Å². The molecule has 0 aliphatic heterocycles. The lowest BCUT2D eigenvalue weighted by Crippen LogP contribution is -2.14. The summed E-state index contributed by atoms with van der Waals surface area (Å²) in [4.78, 5) is 0. The number of nitrogens with one attached hydrogen (secondary N) is 2. The first-order valence-electron chi connectivity index (χ1n) is 7.14. The Bertz CT molecular complexity index is 555. The summed E-state index contributed by atoms with van der Waals surface area (Å²) in [6, 6.07) is 14.5. The topological polar surface area (TPSA) is 33.3 Å². The van der Waals surface area contributed by atoms with Crippen LogP contribution in [0.4, 0.5) is 15.8 Å². The van der Waals surface area contributed by atoms with Gasteiger partial charge in [-0.2, -0.15) is 0 Å². The van der Waals surface area contributed by atoms with E-state index in [4.69, 9.17) is 4.74 Å². The van der Waals surface area contributed by atoms with Gasteiger partial charge < -0.3 is 15.4 Å². The third kappa shape index (κ3) is 4.99. The lowest BCUT2D eigenvalue weighted by molar-refractivity contribution is 0.242. The van der Waals surface area contributed by atoms with E-state index in [1.54, 1.807) is 12.1 Å². The molecule has 2 aromatic carbocycles. The van der Waals surface area contributed by atoms with Gasteiger partial charge in [-0.05, 0) is 50.2 Å². The molecule has 0 saturated heterocycles. The molecule has 4 heteroatoms. The van der Waals surface area contributed by atoms with Crippen molar-refractivity contribution in [2.75, 3.05) is 23.7 Å². The summed E-state index contributed by atoms with van der Waals surface area (Å²) in [6.45, 7) is 5.35. The highest BCUT2D eigenvalue weighted by Crippen LogP contribution is 2.17. The summed E-state index contributed by atoms with van der Waals surface area (Å²) in [5, 5.41) is 6.33. The van der Waals surface area contributed by atoms with Crippen molar-refractivity contribution in [3.05, 3.63) is 54.3 Å². The Morgan fingerprint density at radius 2 is 1.62 bits per heavy atom. The molecule has 0 radical (unpaired) electrons. The molecule has 0 unspecified atom stereocenters. The Balaban J connectivity index is 1.75. The van der Waals surface area contributed by atoms with E-state index in [1.807, 2.05) is 44.2 Å². The number of hydrogen-bond acceptors (Lipinski definition) is 3. The lowest BCUT2D eigenvalue weighted by atomic mass is 10.3. The maximum atomic E-state index is 13.4. The number of ether oxygens (including phenoxy) is 1. The number of hydrogen-bond donors (Lipinski definition) is 2. The summed E-state index contributed by atoms with van der Waals surface area (Å²) in [5.41, 5.74) is 1.54. The first-order chi connectivity index (χ1) is 10.1. The van der Waals surface area contributed by atoms with Crippen LogP contribution >= 0.6 is 0 Å². The molecule has 2 N–H and O–H groups in total. The molecule has 0 spiro atoms. The van der Waals surface area contributed by atoms with Crippen molar-refractivity contribution < 1.29 is 9.13 Å². The van der Waals surface area contributed by atoms with Crippen molar-refractivity contribution in [3.63, 3.8) is 0 Å². The zero-order chi connectivity index (χ0) is 15.1. The molecule has 0 aliphatic carbocycles. The van der Waals surface area contributed by atoms with Crippen LogP contribution in [0.15, 0.2) is 48.5 Å². The normalized spacial score (nSPS) is 10.5. The minimum absolute atomic E-state index is 0.175. The number of para-hydroxylation sites is 1. The first kappa shape index (κ1) is 15.2. The molecule has 0 aliphatic rings. The smallest absolute Gasteiger partial charge is 0.146 e. The molecular formula is C17H21FN2O. The molecule has 0 bridgehead atoms. The second-order valence-corrected chi connectivity index (χ2v) is 5.02. The summed E-state index contributed by atoms with van der Waals surface area (Å²) in [7, 11) is 0. The SMILES string of the molecule is CC(C)Oc1ccc(NCCNc2ccccc2F)cc1. The van der Waals surface area contributed by atoms with E-state index in [2.05, 4.69) is 10.6 Å². The van der Waals surface area contributed by atoms with Gasteiger partial charge in [-0.3, -0.25) is 0 Å². The number of anilines is 2. The van der Waals surface area contributed by atoms with Gasteiger partial charge in [0.2, 0.25) is 0 Å². The van der Waals surface area contributed by atoms with Crippen LogP contribution in [-0.2, 0) is 0 Å². The maximum Gasteiger partial charge on any atom is 0.146 e. The van der Waals surface area contributed by atoms with E-state index < -0.39 is 0 Å². The molecule has 0 heterocycles. The van der Waals surface area contributed by atoms with Crippen LogP contribution < -0.4 is 15.4 Å². The van der Waals surface area contributed by atoms with E-state index >= 15 is 0 Å². The molecule has 21 heavy (non-hydrogen) atoms. The fourth-order valence-electron chi connectivity index (χ4n) is 1.93. The first-order valence-corrected chi connectivity index (χ1v) is 7.14. The Morgan fingerprint density at radius 1 is 0.952 bits per heavy atom. The molecule has 0 aromatic heterocycles. The number of halogens is 1. The van der Waals surface area contributed by atoms with Gasteiger partial charge in [-0.15, -0.1) is 0 Å². The van der Waals surface area contributed by atoms with Crippen LogP contribution in [0, 0.1) is 5.82 Å². The molecule has 2 rings (SSSR count). The van der Waals surface area contributed by atoms with Gasteiger partial charge in [-0.1, -0.05) is 12.1 Å². The minimum Gasteiger partial charge on any atom is -0.491 e. The van der Waals surface area contributed by atoms with Gasteiger partial charge in [0.15, 0.2) is 0 Å². The van der Waals surface area contributed by atoms with Crippen molar-refractivity contribution in [2.24, 2.45) is 0 Å². The third-order valence-corrected chi connectivity index (χ3v) is 2.87. The number of benzene rings is 2. The van der Waals surface area contributed by atoms with E-state index in [9.17, 15) is 4.39 Å². The zero-order valence-corrected chi connectivity index (χ0v) is 12.4. The Labute approximate surface area is 125 Å². The molecule has 0 fully saturated rings. The summed E-state index contributed by atoms with van der Waals surface area (Å²) in [6.07, 6.45) is 0.175. The second kappa shape index (κ2) is 7.53. The van der Waals surface area contributed by atoms with Crippen LogP contribution in [0.3, 0.4) is 0 Å². The molecular weight excluding hydrogens is 267 g/mol. The maximum absolute atomic E-state index is 13.4. The fraction of sp³-hybridized carbons (Fsp3) is 0.294. The second-order valence-electron chi connectivity index (χ2n) is 5.02. The largest absolute Gasteiger partial charge is 0.491 e. The highest BCUT2D eigenvalue weighted by Gasteiger charge is 1.99. The van der Waals surface area contributed by atoms with Crippen LogP contribution in [0.25, 0.3) is 0 Å². The highest BCUT2D eigenvalue weighted by atomic mass is 19.1. The third-order valence-electron chi connectivity index (χ3n) is 2.87. The molecule has 0 amide bonds. The molecule has 112 valence electrons. The fourth-order valence-corrected chi connectivity index (χ4v) is 1.93. The predicted octanol–water partition coefficient (Wildman–Crippen LogP) is 4.14. The van der Waals surface area contributed by atoms with E-state index in [0.717, 1.165) is 11.4 Å². The monoisotopic (exact) mass is 288 g/mol. The number of rotatable bonds is 7. The van der Waals surface area contributed by atoms with Crippen molar-refractivity contribution in [1.29, 1.82) is 0 Å². The summed E-state index contributed by atoms with van der Waals surface area (Å²) < 4.78 is 19.0. The van der Waals surface area contributed by atoms with Gasteiger partial charge in [0.25, 0.3) is 0 Å². The molecule has 0 saturated carbocycles. The molecule has 0 atom stereocenters. The lowest BCUT2D eigenvalue weighted by Gasteiger charge is -2.12. The van der Waals surface area contributed by atoms with Crippen LogP contribution in [0.1, 0.15) is 13.8 Å². The van der Waals surface area contributed by atoms with Crippen LogP contribution in [0.2, 0.25) is 0 Å². The van der Waals surface area contributed by atoms with E-state index in [1.165, 1.54) is 6.07 Å². The Morgan fingerprint density at radius 3 is 2.29 bits per heavy atom. The Kier molecular flexibility index (Phi) is 5.43. The van der Waals surface area contributed by atoms with Crippen molar-refractivity contribution in [2.45, 2.75) is 20.0 Å². The Hall–Kier alpha value is -2.23. The van der Waals surface area contributed by atoms with Crippen molar-refractivity contribution >= 4 is 11.4 Å². The average molecular weight is 288 g/mol. The van der Waals surface area contributed by atoms with Crippen molar-refractivity contribution in [3.8, 4) is 5.75 Å². The summed E-state index contributed by atoms with van der Waals surface area (Å²) >= 11 is 0. The van der Waals surface area contributed by atoms with E-state index in [0.29, 0.717) is 18.8 Å². The molecule has 2 aromatic rings. The van der Waals surface area contributed by atoms with Gasteiger partial charge in [0.05, 0.1) is 11.8 Å². The van der Waals surface area contributed by atoms with Gasteiger partial charge in [0, 0.05) is 18.8 Å². The molecule has 3 nitrogen and oxygen atoms in total. The van der Waals surface area contributed by atoms with Gasteiger partial charge in [0.1, 0.15) is 11.6 Å². The van der Waals surface area contributed by atoms with Crippen LogP contribution in [-0.4, -0.2) is 19.2 Å². The average Bonchev–Trinajstić information content (AvgIpc) is 2.46. The minimum atomic E-state index is -0.229. The zero-order valence-electron chi connectivity index (χ0n) is 12.4. The van der Waals surface area contributed by atoms with Crippen LogP contribution in [0.5, 0.6) is 5.75 Å². The van der Waals surface area contributed by atoms with Gasteiger partial charge in [-0.25, -0.2) is 4.39 Å². The van der Waals surface area contributed by atoms with E-state index in [-0.39, 0.29) is 11.9 Å².